The summed E-state index contributed by atoms with van der Waals surface area (Å²) >= 11 is 5.90. The number of nitrogens with one attached hydrogen (secondary N) is 2. The third kappa shape index (κ3) is 5.68. The van der Waals surface area contributed by atoms with Crippen LogP contribution in [0.1, 0.15) is 28.8 Å². The van der Waals surface area contributed by atoms with Crippen LogP contribution in [0.2, 0.25) is 5.02 Å². The molecule has 6 nitrogen and oxygen atoms in total. The standard InChI is InChI=1S/C22H20ClN3O3S/c1-16(17-7-3-2-4-8-17)15-24-25-22(27)18-9-5-12-21(13-18)30(28,29)26-20-11-6-10-19(23)14-20/h2-16,26H,1H3,(H,25,27)/b24-15+. The number of carbonyl (C=O) groups excluding carboxylic acids is 1. The average molecular weight is 442 g/mol. The molecule has 0 aliphatic heterocycles. The SMILES string of the molecule is CC(/C=N/NC(=O)c1cccc(S(=O)(=O)Nc2cccc(Cl)c2)c1)c1ccccc1. The van der Waals surface area contributed by atoms with Crippen molar-refractivity contribution >= 4 is 39.4 Å². The molecule has 0 aliphatic rings. The number of hydrazone groups is 1. The van der Waals surface area contributed by atoms with Gasteiger partial charge in [-0.05, 0) is 42.0 Å². The van der Waals surface area contributed by atoms with Crippen LogP contribution in [-0.4, -0.2) is 20.5 Å². The van der Waals surface area contributed by atoms with E-state index in [1.165, 1.54) is 30.3 Å². The van der Waals surface area contributed by atoms with E-state index >= 15 is 0 Å². The first kappa shape index (κ1) is 21.5. The minimum absolute atomic E-state index is 0.0140. The second-order valence-corrected chi connectivity index (χ2v) is 8.68. The number of nitrogens with zero attached hydrogens (tertiary/aromatic N) is 1. The zero-order valence-electron chi connectivity index (χ0n) is 16.1. The zero-order chi connectivity index (χ0) is 21.6. The quantitative estimate of drug-likeness (QED) is 0.413. The summed E-state index contributed by atoms with van der Waals surface area (Å²) in [4.78, 5) is 12.3. The van der Waals surface area contributed by atoms with Crippen LogP contribution in [0.25, 0.3) is 0 Å². The van der Waals surface area contributed by atoms with E-state index in [-0.39, 0.29) is 16.4 Å². The molecule has 154 valence electrons. The first-order valence-corrected chi connectivity index (χ1v) is 11.0. The highest BCUT2D eigenvalue weighted by Crippen LogP contribution is 2.20. The number of carbonyl (C=O) groups is 1. The molecule has 1 unspecified atom stereocenters. The third-order valence-corrected chi connectivity index (χ3v) is 5.89. The van der Waals surface area contributed by atoms with Gasteiger partial charge >= 0.3 is 0 Å². The number of anilines is 1. The number of sulfonamides is 1. The Kier molecular flexibility index (Phi) is 6.87. The maximum absolute atomic E-state index is 12.6. The van der Waals surface area contributed by atoms with E-state index in [4.69, 9.17) is 11.6 Å². The second kappa shape index (κ2) is 9.56. The predicted octanol–water partition coefficient (Wildman–Crippen LogP) is 4.66. The Morgan fingerprint density at radius 3 is 2.47 bits per heavy atom. The van der Waals surface area contributed by atoms with Gasteiger partial charge in [0, 0.05) is 22.7 Å². The van der Waals surface area contributed by atoms with Crippen LogP contribution in [0.3, 0.4) is 0 Å². The molecule has 30 heavy (non-hydrogen) atoms. The molecule has 0 saturated heterocycles. The van der Waals surface area contributed by atoms with E-state index in [1.54, 1.807) is 24.4 Å². The first-order chi connectivity index (χ1) is 14.3. The molecular formula is C22H20ClN3O3S. The van der Waals surface area contributed by atoms with Crippen LogP contribution in [0.5, 0.6) is 0 Å². The van der Waals surface area contributed by atoms with Crippen molar-refractivity contribution in [1.29, 1.82) is 0 Å². The molecular weight excluding hydrogens is 422 g/mol. The van der Waals surface area contributed by atoms with Gasteiger partial charge in [0.15, 0.2) is 0 Å². The van der Waals surface area contributed by atoms with Crippen molar-refractivity contribution < 1.29 is 13.2 Å². The number of hydrogen-bond acceptors (Lipinski definition) is 4. The number of benzene rings is 3. The average Bonchev–Trinajstić information content (AvgIpc) is 2.74. The molecule has 0 saturated carbocycles. The Labute approximate surface area is 180 Å². The van der Waals surface area contributed by atoms with Crippen LogP contribution in [0, 0.1) is 0 Å². The van der Waals surface area contributed by atoms with Gasteiger partial charge < -0.3 is 0 Å². The van der Waals surface area contributed by atoms with Crippen LogP contribution in [-0.2, 0) is 10.0 Å². The van der Waals surface area contributed by atoms with Gasteiger partial charge in [-0.3, -0.25) is 9.52 Å². The van der Waals surface area contributed by atoms with Crippen LogP contribution in [0.4, 0.5) is 5.69 Å². The van der Waals surface area contributed by atoms with E-state index in [1.807, 2.05) is 37.3 Å². The van der Waals surface area contributed by atoms with E-state index < -0.39 is 15.9 Å². The largest absolute Gasteiger partial charge is 0.280 e. The summed E-state index contributed by atoms with van der Waals surface area (Å²) in [6, 6.07) is 21.8. The van der Waals surface area contributed by atoms with Crippen molar-refractivity contribution in [1.82, 2.24) is 5.43 Å². The topological polar surface area (TPSA) is 87.6 Å². The molecule has 3 aromatic carbocycles. The van der Waals surface area contributed by atoms with Gasteiger partial charge in [0.2, 0.25) is 0 Å². The van der Waals surface area contributed by atoms with Gasteiger partial charge in [0.1, 0.15) is 0 Å². The van der Waals surface area contributed by atoms with Crippen LogP contribution < -0.4 is 10.1 Å². The maximum atomic E-state index is 12.6. The number of amides is 1. The minimum Gasteiger partial charge on any atom is -0.280 e. The van der Waals surface area contributed by atoms with Gasteiger partial charge in [0.05, 0.1) is 10.6 Å². The van der Waals surface area contributed by atoms with Gasteiger partial charge in [-0.2, -0.15) is 5.10 Å². The highest BCUT2D eigenvalue weighted by molar-refractivity contribution is 7.92. The van der Waals surface area contributed by atoms with Crippen molar-refractivity contribution in [2.24, 2.45) is 5.10 Å². The first-order valence-electron chi connectivity index (χ1n) is 9.12. The van der Waals surface area contributed by atoms with Crippen LogP contribution >= 0.6 is 11.6 Å². The Bertz CT molecular complexity index is 1170. The number of rotatable bonds is 7. The molecule has 3 aromatic rings. The summed E-state index contributed by atoms with van der Waals surface area (Å²) in [6.07, 6.45) is 1.62. The zero-order valence-corrected chi connectivity index (χ0v) is 17.7. The summed E-state index contributed by atoms with van der Waals surface area (Å²) in [6.45, 7) is 1.96. The number of hydrogen-bond donors (Lipinski definition) is 2. The molecule has 0 spiro atoms. The molecule has 3 rings (SSSR count). The molecule has 0 bridgehead atoms. The fourth-order valence-electron chi connectivity index (χ4n) is 2.69. The molecule has 8 heteroatoms. The predicted molar refractivity (Wildman–Crippen MR) is 120 cm³/mol. The molecule has 0 heterocycles. The fraction of sp³-hybridized carbons (Fsp3) is 0.0909. The lowest BCUT2D eigenvalue weighted by Crippen LogP contribution is -2.19. The molecule has 1 atom stereocenters. The van der Waals surface area contributed by atoms with Gasteiger partial charge in [-0.25, -0.2) is 13.8 Å². The van der Waals surface area contributed by atoms with E-state index in [2.05, 4.69) is 15.2 Å². The van der Waals surface area contributed by atoms with Crippen molar-refractivity contribution in [3.05, 3.63) is 95.0 Å². The molecule has 0 fully saturated rings. The van der Waals surface area contributed by atoms with Gasteiger partial charge in [0.25, 0.3) is 15.9 Å². The molecule has 0 radical (unpaired) electrons. The monoisotopic (exact) mass is 441 g/mol. The van der Waals surface area contributed by atoms with Crippen molar-refractivity contribution in [3.8, 4) is 0 Å². The Morgan fingerprint density at radius 1 is 1.00 bits per heavy atom. The summed E-state index contributed by atoms with van der Waals surface area (Å²) in [5.74, 6) is -0.494. The lowest BCUT2D eigenvalue weighted by molar-refractivity contribution is 0.0955. The Morgan fingerprint density at radius 2 is 1.73 bits per heavy atom. The highest BCUT2D eigenvalue weighted by Gasteiger charge is 2.16. The second-order valence-electron chi connectivity index (χ2n) is 6.56. The Hall–Kier alpha value is -3.16. The highest BCUT2D eigenvalue weighted by atomic mass is 35.5. The smallest absolute Gasteiger partial charge is 0.271 e. The summed E-state index contributed by atoms with van der Waals surface area (Å²) in [5, 5.41) is 4.40. The van der Waals surface area contributed by atoms with Crippen molar-refractivity contribution in [2.45, 2.75) is 17.7 Å². The lowest BCUT2D eigenvalue weighted by Gasteiger charge is -2.09. The normalized spacial score (nSPS) is 12.5. The lowest BCUT2D eigenvalue weighted by atomic mass is 10.0. The van der Waals surface area contributed by atoms with E-state index in [0.717, 1.165) is 5.56 Å². The third-order valence-electron chi connectivity index (χ3n) is 4.27. The van der Waals surface area contributed by atoms with Gasteiger partial charge in [-0.15, -0.1) is 0 Å². The molecule has 1 amide bonds. The van der Waals surface area contributed by atoms with Gasteiger partial charge in [-0.1, -0.05) is 61.0 Å². The molecule has 0 aliphatic carbocycles. The number of halogens is 1. The summed E-state index contributed by atoms with van der Waals surface area (Å²) in [7, 11) is -3.88. The maximum Gasteiger partial charge on any atom is 0.271 e. The van der Waals surface area contributed by atoms with Crippen molar-refractivity contribution in [3.63, 3.8) is 0 Å². The summed E-state index contributed by atoms with van der Waals surface area (Å²) in [5.41, 5.74) is 4.00. The molecule has 0 aromatic heterocycles. The molecule has 2 N–H and O–H groups in total. The van der Waals surface area contributed by atoms with E-state index in [9.17, 15) is 13.2 Å². The summed E-state index contributed by atoms with van der Waals surface area (Å²) < 4.78 is 27.7. The Balaban J connectivity index is 1.69. The van der Waals surface area contributed by atoms with E-state index in [0.29, 0.717) is 10.7 Å². The minimum atomic E-state index is -3.88. The van der Waals surface area contributed by atoms with Crippen molar-refractivity contribution in [2.75, 3.05) is 4.72 Å². The van der Waals surface area contributed by atoms with Crippen LogP contribution in [0.15, 0.2) is 88.9 Å². The fourth-order valence-corrected chi connectivity index (χ4v) is 3.97.